The summed E-state index contributed by atoms with van der Waals surface area (Å²) in [6, 6.07) is 6.69. The zero-order valence-electron chi connectivity index (χ0n) is 12.5. The number of rotatable bonds is 9. The minimum absolute atomic E-state index is 0.0510. The number of halogens is 1. The number of ether oxygens (including phenoxy) is 1. The molecule has 0 aliphatic heterocycles. The highest BCUT2D eigenvalue weighted by molar-refractivity contribution is 6.30. The standard InChI is InChI=1S/C16H22ClNO3/c1-12(2)21-11-3-10-18-16(20)9-8-15(19)13-4-6-14(17)7-5-13/h4-7,12H,3,8-11H2,1-2H3,(H,18,20). The van der Waals surface area contributed by atoms with E-state index in [1.807, 2.05) is 13.8 Å². The normalized spacial score (nSPS) is 10.7. The topological polar surface area (TPSA) is 55.4 Å². The van der Waals surface area contributed by atoms with Crippen molar-refractivity contribution in [2.24, 2.45) is 0 Å². The zero-order chi connectivity index (χ0) is 15.7. The van der Waals surface area contributed by atoms with E-state index in [-0.39, 0.29) is 30.6 Å². The van der Waals surface area contributed by atoms with Crippen LogP contribution in [0, 0.1) is 0 Å². The van der Waals surface area contributed by atoms with Gasteiger partial charge in [0, 0.05) is 36.6 Å². The molecular formula is C16H22ClNO3. The summed E-state index contributed by atoms with van der Waals surface area (Å²) in [5, 5.41) is 3.37. The van der Waals surface area contributed by atoms with Crippen molar-refractivity contribution in [3.63, 3.8) is 0 Å². The van der Waals surface area contributed by atoms with Gasteiger partial charge in [-0.1, -0.05) is 11.6 Å². The molecule has 0 saturated heterocycles. The highest BCUT2D eigenvalue weighted by Gasteiger charge is 2.09. The van der Waals surface area contributed by atoms with Crippen molar-refractivity contribution in [1.82, 2.24) is 5.32 Å². The van der Waals surface area contributed by atoms with Crippen LogP contribution in [0.5, 0.6) is 0 Å². The summed E-state index contributed by atoms with van der Waals surface area (Å²) >= 11 is 5.76. The monoisotopic (exact) mass is 311 g/mol. The Morgan fingerprint density at radius 1 is 1.19 bits per heavy atom. The first kappa shape index (κ1) is 17.7. The van der Waals surface area contributed by atoms with Crippen LogP contribution in [-0.2, 0) is 9.53 Å². The lowest BCUT2D eigenvalue weighted by molar-refractivity contribution is -0.121. The van der Waals surface area contributed by atoms with E-state index in [0.717, 1.165) is 6.42 Å². The first-order chi connectivity index (χ1) is 9.99. The van der Waals surface area contributed by atoms with E-state index >= 15 is 0 Å². The Balaban J connectivity index is 2.17. The van der Waals surface area contributed by atoms with E-state index in [0.29, 0.717) is 23.7 Å². The molecule has 4 nitrogen and oxygen atoms in total. The minimum atomic E-state index is -0.109. The molecule has 0 aliphatic carbocycles. The third-order valence-electron chi connectivity index (χ3n) is 2.84. The predicted octanol–water partition coefficient (Wildman–Crippen LogP) is 3.23. The third-order valence-corrected chi connectivity index (χ3v) is 3.09. The molecule has 0 spiro atoms. The lowest BCUT2D eigenvalue weighted by Gasteiger charge is -2.08. The average molecular weight is 312 g/mol. The summed E-state index contributed by atoms with van der Waals surface area (Å²) in [5.41, 5.74) is 0.581. The molecule has 0 fully saturated rings. The third kappa shape index (κ3) is 7.83. The van der Waals surface area contributed by atoms with Gasteiger partial charge in [-0.2, -0.15) is 0 Å². The van der Waals surface area contributed by atoms with Crippen LogP contribution in [0.1, 0.15) is 43.5 Å². The Hall–Kier alpha value is -1.39. The van der Waals surface area contributed by atoms with Crippen molar-refractivity contribution in [3.05, 3.63) is 34.9 Å². The Kier molecular flexibility index (Phi) is 8.01. The fourth-order valence-corrected chi connectivity index (χ4v) is 1.84. The van der Waals surface area contributed by atoms with Gasteiger partial charge in [-0.25, -0.2) is 0 Å². The van der Waals surface area contributed by atoms with E-state index < -0.39 is 0 Å². The largest absolute Gasteiger partial charge is 0.379 e. The van der Waals surface area contributed by atoms with Crippen LogP contribution >= 0.6 is 11.6 Å². The Labute approximate surface area is 130 Å². The van der Waals surface area contributed by atoms with E-state index in [9.17, 15) is 9.59 Å². The Morgan fingerprint density at radius 3 is 2.48 bits per heavy atom. The van der Waals surface area contributed by atoms with Crippen LogP contribution in [0.2, 0.25) is 5.02 Å². The highest BCUT2D eigenvalue weighted by Crippen LogP contribution is 2.11. The first-order valence-electron chi connectivity index (χ1n) is 7.16. The molecule has 0 saturated carbocycles. The smallest absolute Gasteiger partial charge is 0.220 e. The second-order valence-electron chi connectivity index (χ2n) is 5.05. The number of Topliss-reactive ketones (excluding diaryl/α,β-unsaturated/α-hetero) is 1. The summed E-state index contributed by atoms with van der Waals surface area (Å²) in [4.78, 5) is 23.5. The number of ketones is 1. The molecule has 1 N–H and O–H groups in total. The van der Waals surface area contributed by atoms with E-state index in [2.05, 4.69) is 5.32 Å². The molecule has 0 radical (unpaired) electrons. The Bertz CT molecular complexity index is 457. The van der Waals surface area contributed by atoms with E-state index in [4.69, 9.17) is 16.3 Å². The quantitative estimate of drug-likeness (QED) is 0.562. The molecular weight excluding hydrogens is 290 g/mol. The van der Waals surface area contributed by atoms with Gasteiger partial charge in [-0.05, 0) is 44.5 Å². The van der Waals surface area contributed by atoms with Gasteiger partial charge in [-0.3, -0.25) is 9.59 Å². The van der Waals surface area contributed by atoms with Crippen LogP contribution in [0.15, 0.2) is 24.3 Å². The lowest BCUT2D eigenvalue weighted by atomic mass is 10.1. The van der Waals surface area contributed by atoms with Gasteiger partial charge in [0.25, 0.3) is 0 Å². The van der Waals surface area contributed by atoms with Gasteiger partial charge >= 0.3 is 0 Å². The number of hydrogen-bond donors (Lipinski definition) is 1. The maximum absolute atomic E-state index is 11.9. The van der Waals surface area contributed by atoms with Gasteiger partial charge in [0.15, 0.2) is 5.78 Å². The number of benzene rings is 1. The molecule has 0 atom stereocenters. The van der Waals surface area contributed by atoms with Gasteiger partial charge < -0.3 is 10.1 Å². The van der Waals surface area contributed by atoms with E-state index in [1.165, 1.54) is 0 Å². The van der Waals surface area contributed by atoms with Crippen LogP contribution < -0.4 is 5.32 Å². The number of amides is 1. The number of nitrogens with one attached hydrogen (secondary N) is 1. The number of carbonyl (C=O) groups is 2. The molecule has 0 aromatic heterocycles. The van der Waals surface area contributed by atoms with Crippen molar-refractivity contribution in [3.8, 4) is 0 Å². The zero-order valence-corrected chi connectivity index (χ0v) is 13.3. The first-order valence-corrected chi connectivity index (χ1v) is 7.54. The molecule has 0 unspecified atom stereocenters. The minimum Gasteiger partial charge on any atom is -0.379 e. The van der Waals surface area contributed by atoms with Crippen LogP contribution in [0.25, 0.3) is 0 Å². The molecule has 5 heteroatoms. The van der Waals surface area contributed by atoms with Crippen molar-refractivity contribution < 1.29 is 14.3 Å². The number of hydrogen-bond acceptors (Lipinski definition) is 3. The summed E-state index contributed by atoms with van der Waals surface area (Å²) in [6.45, 7) is 5.14. The van der Waals surface area contributed by atoms with Crippen LogP contribution in [-0.4, -0.2) is 30.9 Å². The fourth-order valence-electron chi connectivity index (χ4n) is 1.71. The number of carbonyl (C=O) groups excluding carboxylic acids is 2. The van der Waals surface area contributed by atoms with E-state index in [1.54, 1.807) is 24.3 Å². The van der Waals surface area contributed by atoms with Crippen molar-refractivity contribution >= 4 is 23.3 Å². The molecule has 0 heterocycles. The molecule has 1 rings (SSSR count). The van der Waals surface area contributed by atoms with Crippen LogP contribution in [0.4, 0.5) is 0 Å². The summed E-state index contributed by atoms with van der Waals surface area (Å²) in [7, 11) is 0. The lowest BCUT2D eigenvalue weighted by Crippen LogP contribution is -2.25. The van der Waals surface area contributed by atoms with Gasteiger partial charge in [-0.15, -0.1) is 0 Å². The Morgan fingerprint density at radius 2 is 1.86 bits per heavy atom. The van der Waals surface area contributed by atoms with Gasteiger partial charge in [0.05, 0.1) is 6.10 Å². The maximum Gasteiger partial charge on any atom is 0.220 e. The second-order valence-corrected chi connectivity index (χ2v) is 5.49. The predicted molar refractivity (Wildman–Crippen MR) is 83.7 cm³/mol. The van der Waals surface area contributed by atoms with Crippen molar-refractivity contribution in [1.29, 1.82) is 0 Å². The molecule has 0 bridgehead atoms. The molecule has 0 aliphatic rings. The molecule has 21 heavy (non-hydrogen) atoms. The average Bonchev–Trinajstić information content (AvgIpc) is 2.44. The molecule has 1 aromatic carbocycles. The van der Waals surface area contributed by atoms with Gasteiger partial charge in [0.2, 0.25) is 5.91 Å². The molecule has 1 amide bonds. The second kappa shape index (κ2) is 9.53. The maximum atomic E-state index is 11.9. The summed E-state index contributed by atoms with van der Waals surface area (Å²) in [5.74, 6) is -0.160. The summed E-state index contributed by atoms with van der Waals surface area (Å²) in [6.07, 6.45) is 1.38. The van der Waals surface area contributed by atoms with Crippen molar-refractivity contribution in [2.75, 3.05) is 13.2 Å². The SMILES string of the molecule is CC(C)OCCCNC(=O)CCC(=O)c1ccc(Cl)cc1. The van der Waals surface area contributed by atoms with Crippen LogP contribution in [0.3, 0.4) is 0 Å². The molecule has 116 valence electrons. The summed E-state index contributed by atoms with van der Waals surface area (Å²) < 4.78 is 5.37. The fraction of sp³-hybridized carbons (Fsp3) is 0.500. The highest BCUT2D eigenvalue weighted by atomic mass is 35.5. The van der Waals surface area contributed by atoms with Gasteiger partial charge in [0.1, 0.15) is 0 Å². The van der Waals surface area contributed by atoms with Crippen molar-refractivity contribution in [2.45, 2.75) is 39.2 Å². The molecule has 1 aromatic rings.